The van der Waals surface area contributed by atoms with Gasteiger partial charge in [0.2, 0.25) is 5.91 Å². The van der Waals surface area contributed by atoms with Crippen LogP contribution in [0.3, 0.4) is 0 Å². The van der Waals surface area contributed by atoms with Crippen LogP contribution < -0.4 is 14.4 Å². The van der Waals surface area contributed by atoms with Gasteiger partial charge in [0, 0.05) is 5.69 Å². The summed E-state index contributed by atoms with van der Waals surface area (Å²) in [6.45, 7) is 1.50. The first-order chi connectivity index (χ1) is 14.3. The summed E-state index contributed by atoms with van der Waals surface area (Å²) in [6, 6.07) is 19.7. The van der Waals surface area contributed by atoms with Gasteiger partial charge in [0.05, 0.1) is 22.7 Å². The molecule has 0 saturated carbocycles. The van der Waals surface area contributed by atoms with Crippen molar-refractivity contribution in [2.75, 3.05) is 23.3 Å². The van der Waals surface area contributed by atoms with E-state index in [-0.39, 0.29) is 4.90 Å². The lowest BCUT2D eigenvalue weighted by Crippen LogP contribution is -2.38. The number of methoxy groups -OCH3 is 1. The third kappa shape index (κ3) is 4.93. The minimum Gasteiger partial charge on any atom is -0.495 e. The molecule has 3 aromatic rings. The minimum atomic E-state index is -3.95. The molecule has 3 aromatic carbocycles. The number of anilines is 2. The molecule has 3 rings (SSSR count). The number of rotatable bonds is 7. The Morgan fingerprint density at radius 2 is 1.70 bits per heavy atom. The molecule has 8 heteroatoms. The van der Waals surface area contributed by atoms with Crippen molar-refractivity contribution in [1.82, 2.24) is 0 Å². The molecule has 30 heavy (non-hydrogen) atoms. The van der Waals surface area contributed by atoms with Gasteiger partial charge in [0.1, 0.15) is 12.3 Å². The molecule has 0 unspecified atom stereocenters. The fourth-order valence-corrected chi connectivity index (χ4v) is 4.52. The average Bonchev–Trinajstić information content (AvgIpc) is 2.73. The lowest BCUT2D eigenvalue weighted by atomic mass is 10.2. The van der Waals surface area contributed by atoms with E-state index in [1.165, 1.54) is 19.2 Å². The second kappa shape index (κ2) is 9.19. The highest BCUT2D eigenvalue weighted by Gasteiger charge is 2.27. The number of hydrogen-bond donors (Lipinski definition) is 1. The first kappa shape index (κ1) is 21.7. The number of nitrogens with zero attached hydrogens (tertiary/aromatic N) is 1. The van der Waals surface area contributed by atoms with E-state index in [0.717, 1.165) is 9.87 Å². The number of hydrogen-bond acceptors (Lipinski definition) is 4. The van der Waals surface area contributed by atoms with Crippen molar-refractivity contribution in [2.45, 2.75) is 11.8 Å². The molecule has 0 aromatic heterocycles. The van der Waals surface area contributed by atoms with Gasteiger partial charge in [-0.3, -0.25) is 9.10 Å². The SMILES string of the molecule is COc1ccc(NC(=O)CN(c2ccc(C)cc2)S(=O)(=O)c2ccccc2)cc1Cl. The molecule has 0 radical (unpaired) electrons. The van der Waals surface area contributed by atoms with Gasteiger partial charge in [-0.15, -0.1) is 0 Å². The van der Waals surface area contributed by atoms with E-state index in [4.69, 9.17) is 16.3 Å². The Kier molecular flexibility index (Phi) is 6.64. The molecule has 0 atom stereocenters. The zero-order valence-corrected chi connectivity index (χ0v) is 18.1. The van der Waals surface area contributed by atoms with Crippen molar-refractivity contribution in [3.63, 3.8) is 0 Å². The fraction of sp³-hybridized carbons (Fsp3) is 0.136. The average molecular weight is 445 g/mol. The maximum Gasteiger partial charge on any atom is 0.264 e. The number of nitrogens with one attached hydrogen (secondary N) is 1. The van der Waals surface area contributed by atoms with E-state index in [2.05, 4.69) is 5.32 Å². The number of sulfonamides is 1. The van der Waals surface area contributed by atoms with Gasteiger partial charge in [0.15, 0.2) is 0 Å². The van der Waals surface area contributed by atoms with Crippen LogP contribution in [0.15, 0.2) is 77.7 Å². The summed E-state index contributed by atoms with van der Waals surface area (Å²) in [6.07, 6.45) is 0. The number of benzene rings is 3. The van der Waals surface area contributed by atoms with Crippen molar-refractivity contribution in [1.29, 1.82) is 0 Å². The Labute approximate surface area is 181 Å². The number of carbonyl (C=O) groups excluding carboxylic acids is 1. The summed E-state index contributed by atoms with van der Waals surface area (Å²) in [7, 11) is -2.45. The Morgan fingerprint density at radius 1 is 1.03 bits per heavy atom. The van der Waals surface area contributed by atoms with E-state index >= 15 is 0 Å². The molecule has 0 spiro atoms. The normalized spacial score (nSPS) is 11.0. The molecule has 1 amide bonds. The Morgan fingerprint density at radius 3 is 2.30 bits per heavy atom. The second-order valence-corrected chi connectivity index (χ2v) is 8.83. The zero-order valence-electron chi connectivity index (χ0n) is 16.5. The lowest BCUT2D eigenvalue weighted by Gasteiger charge is -2.24. The highest BCUT2D eigenvalue weighted by molar-refractivity contribution is 7.92. The standard InChI is InChI=1S/C22H21ClN2O4S/c1-16-8-11-18(12-9-16)25(30(27,28)19-6-4-3-5-7-19)15-22(26)24-17-10-13-21(29-2)20(23)14-17/h3-14H,15H2,1-2H3,(H,24,26). The quantitative estimate of drug-likeness (QED) is 0.582. The zero-order chi connectivity index (χ0) is 21.7. The monoisotopic (exact) mass is 444 g/mol. The van der Waals surface area contributed by atoms with Crippen molar-refractivity contribution in [3.8, 4) is 5.75 Å². The van der Waals surface area contributed by atoms with Gasteiger partial charge in [-0.1, -0.05) is 47.5 Å². The third-order valence-corrected chi connectivity index (χ3v) is 6.46. The number of aryl methyl sites for hydroxylation is 1. The van der Waals surface area contributed by atoms with Crippen molar-refractivity contribution >= 4 is 38.9 Å². The van der Waals surface area contributed by atoms with Crippen LogP contribution in [-0.2, 0) is 14.8 Å². The van der Waals surface area contributed by atoms with E-state index in [1.54, 1.807) is 60.7 Å². The smallest absolute Gasteiger partial charge is 0.264 e. The van der Waals surface area contributed by atoms with Gasteiger partial charge < -0.3 is 10.1 Å². The van der Waals surface area contributed by atoms with Gasteiger partial charge in [-0.2, -0.15) is 0 Å². The molecule has 0 heterocycles. The number of amides is 1. The van der Waals surface area contributed by atoms with E-state index in [9.17, 15) is 13.2 Å². The van der Waals surface area contributed by atoms with Gasteiger partial charge in [0.25, 0.3) is 10.0 Å². The molecular weight excluding hydrogens is 424 g/mol. The first-order valence-electron chi connectivity index (χ1n) is 9.09. The number of ether oxygens (including phenoxy) is 1. The Bertz CT molecular complexity index is 1130. The lowest BCUT2D eigenvalue weighted by molar-refractivity contribution is -0.114. The topological polar surface area (TPSA) is 75.7 Å². The predicted molar refractivity (Wildman–Crippen MR) is 119 cm³/mol. The summed E-state index contributed by atoms with van der Waals surface area (Å²) in [4.78, 5) is 12.8. The maximum atomic E-state index is 13.3. The van der Waals surface area contributed by atoms with E-state index in [0.29, 0.717) is 22.1 Å². The van der Waals surface area contributed by atoms with Gasteiger partial charge in [-0.25, -0.2) is 8.42 Å². The van der Waals surface area contributed by atoms with Crippen LogP contribution >= 0.6 is 11.6 Å². The number of halogens is 1. The van der Waals surface area contributed by atoms with Crippen LogP contribution in [0.1, 0.15) is 5.56 Å². The molecule has 0 bridgehead atoms. The summed E-state index contributed by atoms with van der Waals surface area (Å²) >= 11 is 6.10. The summed E-state index contributed by atoms with van der Waals surface area (Å²) in [5.74, 6) is -0.0288. The van der Waals surface area contributed by atoms with Gasteiger partial charge in [-0.05, 0) is 49.4 Å². The molecule has 6 nitrogen and oxygen atoms in total. The highest BCUT2D eigenvalue weighted by atomic mass is 35.5. The fourth-order valence-electron chi connectivity index (χ4n) is 2.82. The molecule has 0 aliphatic rings. The molecule has 156 valence electrons. The van der Waals surface area contributed by atoms with Crippen LogP contribution in [-0.4, -0.2) is 28.0 Å². The third-order valence-electron chi connectivity index (χ3n) is 4.38. The molecule has 0 saturated heterocycles. The van der Waals surface area contributed by atoms with E-state index < -0.39 is 22.5 Å². The van der Waals surface area contributed by atoms with Crippen LogP contribution in [0.4, 0.5) is 11.4 Å². The van der Waals surface area contributed by atoms with Gasteiger partial charge >= 0.3 is 0 Å². The first-order valence-corrected chi connectivity index (χ1v) is 10.9. The molecule has 0 fully saturated rings. The summed E-state index contributed by atoms with van der Waals surface area (Å²) in [5, 5.41) is 3.02. The predicted octanol–water partition coefficient (Wildman–Crippen LogP) is 4.49. The highest BCUT2D eigenvalue weighted by Crippen LogP contribution is 2.28. The van der Waals surface area contributed by atoms with Crippen molar-refractivity contribution in [3.05, 3.63) is 83.4 Å². The van der Waals surface area contributed by atoms with Crippen molar-refractivity contribution < 1.29 is 17.9 Å². The number of carbonyl (C=O) groups is 1. The van der Waals surface area contributed by atoms with Crippen LogP contribution in [0, 0.1) is 6.92 Å². The summed E-state index contributed by atoms with van der Waals surface area (Å²) in [5.41, 5.74) is 1.81. The summed E-state index contributed by atoms with van der Waals surface area (Å²) < 4.78 is 32.7. The van der Waals surface area contributed by atoms with Crippen LogP contribution in [0.2, 0.25) is 5.02 Å². The maximum absolute atomic E-state index is 13.3. The Balaban J connectivity index is 1.90. The molecule has 1 N–H and O–H groups in total. The molecule has 0 aliphatic heterocycles. The Hall–Kier alpha value is -3.03. The van der Waals surface area contributed by atoms with E-state index in [1.807, 2.05) is 6.92 Å². The van der Waals surface area contributed by atoms with Crippen LogP contribution in [0.5, 0.6) is 5.75 Å². The van der Waals surface area contributed by atoms with Crippen LogP contribution in [0.25, 0.3) is 0 Å². The van der Waals surface area contributed by atoms with Crippen molar-refractivity contribution in [2.24, 2.45) is 0 Å². The second-order valence-electron chi connectivity index (χ2n) is 6.56. The minimum absolute atomic E-state index is 0.103. The molecule has 0 aliphatic carbocycles. The molecular formula is C22H21ClN2O4S. The largest absolute Gasteiger partial charge is 0.495 e.